The SMILES string of the molecule is CN1C[n+]2c(Cl)cccc2-c2ccccc21.CN1C[n+]2c(cccc2[Si](C)(C)C)-c2ccccc21.CN1C[n+]2ccccc2-c2ccccc21.CN1C[n+]2ccccc2-c2ccccc21.COc1cccc2[n+]1CN(C)c1ccccc1-2.Cc1cccc2[n+]1CN(C)c1ccccc1-2.Cc1cccc2[n+]1CN(C)c1ccccc1-2. The smallest absolute Gasteiger partial charge is 0.369 e. The summed E-state index contributed by atoms with van der Waals surface area (Å²) in [6, 6.07) is 104. The first-order valence-corrected chi connectivity index (χ1v) is 43.1. The molecule has 0 aliphatic carbocycles. The number of rotatable bonds is 2. The topological polar surface area (TPSA) is 59.1 Å². The zero-order valence-electron chi connectivity index (χ0n) is 67.9. The van der Waals surface area contributed by atoms with Gasteiger partial charge in [0.05, 0.1) is 91.9 Å². The van der Waals surface area contributed by atoms with Crippen LogP contribution >= 0.6 is 11.6 Å². The molecule has 17 heteroatoms. The highest BCUT2D eigenvalue weighted by Gasteiger charge is 2.36. The van der Waals surface area contributed by atoms with Gasteiger partial charge in [0, 0.05) is 136 Å². The van der Waals surface area contributed by atoms with E-state index >= 15 is 0 Å². The van der Waals surface area contributed by atoms with Gasteiger partial charge in [0.15, 0.2) is 37.2 Å². The number of aromatic nitrogens is 7. The number of ether oxygens (including phenoxy) is 1. The second-order valence-corrected chi connectivity index (χ2v) is 36.5. The number of hydrogen-bond donors (Lipinski definition) is 0. The summed E-state index contributed by atoms with van der Waals surface area (Å²) in [6.07, 6.45) is 4.25. The van der Waals surface area contributed by atoms with Crippen LogP contribution in [0.25, 0.3) is 78.8 Å². The van der Waals surface area contributed by atoms with E-state index in [-0.39, 0.29) is 0 Å². The van der Waals surface area contributed by atoms with Crippen molar-refractivity contribution >= 4 is 64.8 Å². The number of aryl methyl sites for hydroxylation is 2. The quantitative estimate of drug-likeness (QED) is 0.0964. The predicted octanol–water partition coefficient (Wildman–Crippen LogP) is 16.2. The normalized spacial score (nSPS) is 13.3. The molecule has 7 aromatic heterocycles. The van der Waals surface area contributed by atoms with Crippen LogP contribution in [0.5, 0.6) is 5.88 Å². The summed E-state index contributed by atoms with van der Waals surface area (Å²) in [6.45, 7) is 17.8. The van der Waals surface area contributed by atoms with Gasteiger partial charge in [0.1, 0.15) is 0 Å². The number of fused-ring (bicyclic) bond motifs is 21. The minimum atomic E-state index is -1.33. The first kappa shape index (κ1) is 76.8. The Hall–Kier alpha value is -12.5. The Morgan fingerprint density at radius 3 is 0.877 bits per heavy atom. The van der Waals surface area contributed by atoms with Crippen LogP contribution in [-0.4, -0.2) is 64.5 Å². The maximum Gasteiger partial charge on any atom is 0.369 e. The van der Waals surface area contributed by atoms with E-state index in [2.05, 4.69) is 434 Å². The number of methoxy groups -OCH3 is 1. The van der Waals surface area contributed by atoms with Gasteiger partial charge in [-0.15, -0.1) is 4.57 Å². The molecule has 0 unspecified atom stereocenters. The number of nitrogens with zero attached hydrogens (tertiary/aromatic N) is 14. The van der Waals surface area contributed by atoms with Gasteiger partial charge in [-0.2, -0.15) is 27.4 Å². The molecule has 0 saturated heterocycles. The van der Waals surface area contributed by atoms with Gasteiger partial charge in [0.25, 0.3) is 5.15 Å². The number of benzene rings is 7. The van der Waals surface area contributed by atoms with Crippen molar-refractivity contribution in [3.63, 3.8) is 0 Å². The van der Waals surface area contributed by atoms with Crippen LogP contribution in [0, 0.1) is 13.8 Å². The van der Waals surface area contributed by atoms with Gasteiger partial charge in [0.2, 0.25) is 86.5 Å². The van der Waals surface area contributed by atoms with Crippen molar-refractivity contribution in [2.75, 3.05) is 90.7 Å². The monoisotopic (exact) mass is 1540 g/mol. The Labute approximate surface area is 679 Å². The molecule has 14 heterocycles. The summed E-state index contributed by atoms with van der Waals surface area (Å²) >= 11 is 6.21. The molecule has 0 amide bonds. The summed E-state index contributed by atoms with van der Waals surface area (Å²) in [5, 5.41) is 2.30. The van der Waals surface area contributed by atoms with E-state index in [1.807, 2.05) is 24.3 Å². The molecule has 7 aromatic carbocycles. The molecule has 0 atom stereocenters. The average molecular weight is 1550 g/mol. The van der Waals surface area contributed by atoms with Crippen molar-refractivity contribution in [3.05, 3.63) is 326 Å². The van der Waals surface area contributed by atoms with E-state index in [0.29, 0.717) is 0 Å². The highest BCUT2D eigenvalue weighted by atomic mass is 35.5. The number of hydrogen-bond acceptors (Lipinski definition) is 8. The number of anilines is 7. The summed E-state index contributed by atoms with van der Waals surface area (Å²) in [7, 11) is 15.3. The number of halogens is 1. The summed E-state index contributed by atoms with van der Waals surface area (Å²) in [4.78, 5) is 15.9. The Balaban J connectivity index is 0.000000105. The molecule has 15 nitrogen and oxygen atoms in total. The first-order chi connectivity index (χ1) is 55.3. The fraction of sp³-hybridized carbons (Fsp3) is 0.206. The van der Waals surface area contributed by atoms with Crippen molar-refractivity contribution in [1.82, 2.24) is 0 Å². The molecule has 0 saturated carbocycles. The molecular formula is C97H104ClN14OSi+7. The maximum absolute atomic E-state index is 6.21. The zero-order chi connectivity index (χ0) is 79.3. The Morgan fingerprint density at radius 2 is 0.518 bits per heavy atom. The van der Waals surface area contributed by atoms with E-state index < -0.39 is 8.07 Å². The van der Waals surface area contributed by atoms with E-state index in [1.54, 1.807) is 7.11 Å². The lowest BCUT2D eigenvalue weighted by molar-refractivity contribution is -0.692. The van der Waals surface area contributed by atoms with E-state index in [9.17, 15) is 0 Å². The van der Waals surface area contributed by atoms with Crippen molar-refractivity contribution in [3.8, 4) is 84.7 Å². The average Bonchev–Trinajstić information content (AvgIpc) is 0.774. The summed E-state index contributed by atoms with van der Waals surface area (Å²) in [5.41, 5.74) is 29.8. The van der Waals surface area contributed by atoms with Gasteiger partial charge in [-0.25, -0.2) is 0 Å². The third-order valence-electron chi connectivity index (χ3n) is 22.3. The van der Waals surface area contributed by atoms with Crippen molar-refractivity contribution < 1.29 is 36.7 Å². The molecule has 21 rings (SSSR count). The van der Waals surface area contributed by atoms with Crippen molar-refractivity contribution in [1.29, 1.82) is 0 Å². The first-order valence-electron chi connectivity index (χ1n) is 39.2. The number of para-hydroxylation sites is 7. The fourth-order valence-electron chi connectivity index (χ4n) is 16.6. The lowest BCUT2D eigenvalue weighted by Gasteiger charge is -2.27. The van der Waals surface area contributed by atoms with Crippen LogP contribution in [-0.2, 0) is 46.7 Å². The maximum atomic E-state index is 6.21. The van der Waals surface area contributed by atoms with Gasteiger partial charge in [-0.05, 0) is 145 Å². The standard InChI is InChI=1S/C16H21N2Si.C14H15N2O.2C14H15N2.C13H12ClN2.2C13H13N2/c1-17-12-18-15(13-8-5-6-9-14(13)17)10-7-11-16(18)19(2,3)4;1-15-10-16-13(8-5-9-14(16)17-2)11-6-3-4-7-12(11)15;2*1-11-6-5-9-14-12-7-3-4-8-13(12)15(2)10-16(11)14;1-15-9-16-12(7-4-8-13(16)14)10-5-2-3-6-11(10)15;2*1-14-10-15-9-5-4-8-13(15)11-6-2-3-7-12(11)14/h5-11H,12H2,1-4H3;3-9H,10H2,1-2H3;2*3-9H,10H2,1-2H3;2-8H,9H2,1H3;2*2-9H,10H2,1H3/q7*+1. The van der Waals surface area contributed by atoms with E-state index in [1.165, 1.54) is 135 Å². The van der Waals surface area contributed by atoms with Crippen LogP contribution in [0.4, 0.5) is 39.8 Å². The van der Waals surface area contributed by atoms with Gasteiger partial charge in [-0.3, -0.25) is 0 Å². The molecule has 572 valence electrons. The van der Waals surface area contributed by atoms with Gasteiger partial charge < -0.3 is 39.0 Å². The minimum Gasteiger partial charge on any atom is -0.448 e. The van der Waals surface area contributed by atoms with Crippen LogP contribution in [0.15, 0.2) is 310 Å². The molecule has 0 fully saturated rings. The molecule has 0 N–H and O–H groups in total. The molecule has 114 heavy (non-hydrogen) atoms. The van der Waals surface area contributed by atoms with Crippen LogP contribution < -0.4 is 76.3 Å². The second kappa shape index (κ2) is 33.4. The predicted molar refractivity (Wildman–Crippen MR) is 467 cm³/mol. The molecule has 0 radical (unpaired) electrons. The van der Waals surface area contributed by atoms with Crippen molar-refractivity contribution in [2.24, 2.45) is 0 Å². The zero-order valence-corrected chi connectivity index (χ0v) is 69.7. The Kier molecular flexibility index (Phi) is 22.5. The highest BCUT2D eigenvalue weighted by Crippen LogP contribution is 2.38. The van der Waals surface area contributed by atoms with Gasteiger partial charge in [-0.1, -0.05) is 105 Å². The third-order valence-corrected chi connectivity index (χ3v) is 24.6. The second-order valence-electron chi connectivity index (χ2n) is 31.1. The largest absolute Gasteiger partial charge is 0.448 e. The molecule has 7 aliphatic heterocycles. The van der Waals surface area contributed by atoms with E-state index in [4.69, 9.17) is 16.3 Å². The molecular weight excluding hydrogens is 1440 g/mol. The number of pyridine rings is 7. The molecule has 0 bridgehead atoms. The van der Waals surface area contributed by atoms with Crippen LogP contribution in [0.1, 0.15) is 11.4 Å². The third kappa shape index (κ3) is 15.6. The summed E-state index contributed by atoms with van der Waals surface area (Å²) in [5.74, 6) is 0.892. The van der Waals surface area contributed by atoms with E-state index in [0.717, 1.165) is 57.7 Å². The van der Waals surface area contributed by atoms with Crippen LogP contribution in [0.2, 0.25) is 24.8 Å². The van der Waals surface area contributed by atoms with Crippen LogP contribution in [0.3, 0.4) is 0 Å². The molecule has 14 aromatic rings. The lowest BCUT2D eigenvalue weighted by atomic mass is 10.1. The molecule has 7 aliphatic rings. The lowest BCUT2D eigenvalue weighted by Crippen LogP contribution is -2.65. The minimum absolute atomic E-state index is 0.777. The molecule has 0 spiro atoms. The summed E-state index contributed by atoms with van der Waals surface area (Å²) < 4.78 is 21.4. The Morgan fingerprint density at radius 1 is 0.263 bits per heavy atom. The van der Waals surface area contributed by atoms with Crippen molar-refractivity contribution in [2.45, 2.75) is 80.2 Å². The fourth-order valence-corrected chi connectivity index (χ4v) is 18.4. The highest BCUT2D eigenvalue weighted by molar-refractivity contribution is 6.87. The Bertz CT molecular complexity index is 5510. The van der Waals surface area contributed by atoms with Gasteiger partial charge >= 0.3 is 5.88 Å².